The fourth-order valence-electron chi connectivity index (χ4n) is 7.71. The predicted molar refractivity (Wildman–Crippen MR) is 316 cm³/mol. The Balaban J connectivity index is 4.20. The summed E-state index contributed by atoms with van der Waals surface area (Å²) in [5, 5.41) is 0. The number of hydrogen-bond donors (Lipinski definition) is 0. The van der Waals surface area contributed by atoms with Crippen molar-refractivity contribution in [2.24, 2.45) is 0 Å². The number of rotatable bonds is 52. The Morgan fingerprint density at radius 1 is 0.288 bits per heavy atom. The second-order valence-electron chi connectivity index (χ2n) is 19.2. The van der Waals surface area contributed by atoms with E-state index in [-0.39, 0.29) is 31.1 Å². The van der Waals surface area contributed by atoms with E-state index >= 15 is 0 Å². The van der Waals surface area contributed by atoms with Crippen molar-refractivity contribution in [2.45, 2.75) is 258 Å². The summed E-state index contributed by atoms with van der Waals surface area (Å²) >= 11 is 0. The van der Waals surface area contributed by atoms with Crippen LogP contribution in [0, 0.1) is 0 Å². The minimum atomic E-state index is -0.792. The molecule has 6 nitrogen and oxygen atoms in total. The van der Waals surface area contributed by atoms with Crippen LogP contribution >= 0.6 is 0 Å². The second-order valence-corrected chi connectivity index (χ2v) is 19.2. The van der Waals surface area contributed by atoms with Gasteiger partial charge in [0, 0.05) is 19.3 Å². The summed E-state index contributed by atoms with van der Waals surface area (Å²) in [7, 11) is 0. The molecule has 0 saturated carbocycles. The Morgan fingerprint density at radius 3 is 0.904 bits per heavy atom. The summed E-state index contributed by atoms with van der Waals surface area (Å²) < 4.78 is 16.7. The molecule has 0 spiro atoms. The van der Waals surface area contributed by atoms with Gasteiger partial charge in [-0.05, 0) is 116 Å². The van der Waals surface area contributed by atoms with Crippen molar-refractivity contribution in [1.82, 2.24) is 0 Å². The first-order chi connectivity index (χ1) is 36.0. The van der Waals surface area contributed by atoms with Crippen LogP contribution in [0.3, 0.4) is 0 Å². The van der Waals surface area contributed by atoms with E-state index in [1.807, 2.05) is 0 Å². The molecule has 73 heavy (non-hydrogen) atoms. The molecule has 1 unspecified atom stereocenters. The van der Waals surface area contributed by atoms with Crippen molar-refractivity contribution in [3.8, 4) is 0 Å². The van der Waals surface area contributed by atoms with Gasteiger partial charge >= 0.3 is 17.9 Å². The van der Waals surface area contributed by atoms with Crippen molar-refractivity contribution >= 4 is 17.9 Å². The molecule has 0 radical (unpaired) electrons. The van der Waals surface area contributed by atoms with E-state index in [4.69, 9.17) is 14.2 Å². The lowest BCUT2D eigenvalue weighted by molar-refractivity contribution is -0.167. The third kappa shape index (κ3) is 58.3. The van der Waals surface area contributed by atoms with Crippen molar-refractivity contribution < 1.29 is 28.6 Å². The molecule has 6 heteroatoms. The summed E-state index contributed by atoms with van der Waals surface area (Å²) in [5.74, 6) is -0.935. The van der Waals surface area contributed by atoms with Gasteiger partial charge in [0.15, 0.2) is 6.10 Å². The van der Waals surface area contributed by atoms with Gasteiger partial charge in [-0.2, -0.15) is 0 Å². The van der Waals surface area contributed by atoms with E-state index in [1.54, 1.807) is 0 Å². The van der Waals surface area contributed by atoms with Crippen LogP contribution in [0.2, 0.25) is 0 Å². The van der Waals surface area contributed by atoms with Crippen LogP contribution in [0.15, 0.2) is 134 Å². The molecule has 0 fully saturated rings. The number of ether oxygens (including phenoxy) is 3. The maximum atomic E-state index is 12.7. The highest BCUT2D eigenvalue weighted by Crippen LogP contribution is 2.14. The van der Waals surface area contributed by atoms with E-state index in [2.05, 4.69) is 154 Å². The van der Waals surface area contributed by atoms with Gasteiger partial charge in [0.05, 0.1) is 0 Å². The summed E-state index contributed by atoms with van der Waals surface area (Å²) in [6, 6.07) is 0. The molecule has 412 valence electrons. The molecule has 0 bridgehead atoms. The average Bonchev–Trinajstić information content (AvgIpc) is 3.39. The molecular weight excluding hydrogens is 901 g/mol. The molecule has 0 aliphatic rings. The lowest BCUT2D eigenvalue weighted by atomic mass is 10.1. The third-order valence-corrected chi connectivity index (χ3v) is 12.1. The van der Waals surface area contributed by atoms with Gasteiger partial charge < -0.3 is 14.2 Å². The normalized spacial score (nSPS) is 13.1. The van der Waals surface area contributed by atoms with Crippen LogP contribution in [0.5, 0.6) is 0 Å². The Bertz CT molecular complexity index is 1580. The summed E-state index contributed by atoms with van der Waals surface area (Å²) in [6.45, 7) is 6.41. The number of unbranched alkanes of at least 4 members (excludes halogenated alkanes) is 19. The standard InChI is InChI=1S/C67H108O6/c1-4-7-10-13-16-19-22-23-24-25-26-27-28-29-30-31-32-33-34-35-36-37-38-39-40-41-42-43-44-45-46-49-51-54-57-60-66(69)72-63-64(73-67(70)61-58-55-52-48-21-18-15-12-9-6-3)62-71-65(68)59-56-53-50-47-20-17-14-11-8-5-2/h7,10,12,15-16,19,23-24,26-27,29-30,32-33,35-36,38-39,41-42,44-45,64H,4-6,8-9,11,13-14,17-18,20-22,25,28,31,34,37,40,43,46-63H2,1-3H3/b10-7-,15-12-,19-16-,24-23-,27-26-,30-29-,33-32-,36-35-,39-38-,42-41-,45-44-. The van der Waals surface area contributed by atoms with Crippen molar-refractivity contribution in [3.05, 3.63) is 134 Å². The number of carbonyl (C=O) groups is 3. The quantitative estimate of drug-likeness (QED) is 0.0261. The number of esters is 3. The fraction of sp³-hybridized carbons (Fsp3) is 0.627. The van der Waals surface area contributed by atoms with Gasteiger partial charge in [-0.1, -0.05) is 251 Å². The number of hydrogen-bond acceptors (Lipinski definition) is 6. The lowest BCUT2D eigenvalue weighted by Crippen LogP contribution is -2.30. The zero-order valence-corrected chi connectivity index (χ0v) is 47.1. The van der Waals surface area contributed by atoms with E-state index in [1.165, 1.54) is 57.8 Å². The van der Waals surface area contributed by atoms with E-state index in [9.17, 15) is 14.4 Å². The smallest absolute Gasteiger partial charge is 0.306 e. The largest absolute Gasteiger partial charge is 0.462 e. The number of allylic oxidation sites excluding steroid dienone is 22. The van der Waals surface area contributed by atoms with Gasteiger partial charge in [-0.15, -0.1) is 0 Å². The predicted octanol–water partition coefficient (Wildman–Crippen LogP) is 20.2. The molecule has 0 N–H and O–H groups in total. The zero-order chi connectivity index (χ0) is 52.9. The van der Waals surface area contributed by atoms with Crippen molar-refractivity contribution in [2.75, 3.05) is 13.2 Å². The van der Waals surface area contributed by atoms with Gasteiger partial charge in [0.25, 0.3) is 0 Å². The maximum Gasteiger partial charge on any atom is 0.306 e. The van der Waals surface area contributed by atoms with Crippen LogP contribution in [0.25, 0.3) is 0 Å². The number of carbonyl (C=O) groups excluding carboxylic acids is 3. The van der Waals surface area contributed by atoms with Crippen LogP contribution in [-0.4, -0.2) is 37.2 Å². The fourth-order valence-corrected chi connectivity index (χ4v) is 7.71. The SMILES string of the molecule is CC/C=C\C/C=C\C/C=C\C/C=C\C/C=C\C/C=C\C/C=C\C/C=C\C/C=C\C/C=C\CCCCCCC(=O)OCC(COC(=O)CCCCCCCCCCCC)OC(=O)CCCCCCC/C=C\CCC. The molecule has 0 aromatic rings. The monoisotopic (exact) mass is 1010 g/mol. The first-order valence-corrected chi connectivity index (χ1v) is 29.7. The van der Waals surface area contributed by atoms with Crippen LogP contribution in [0.1, 0.15) is 252 Å². The first-order valence-electron chi connectivity index (χ1n) is 29.7. The van der Waals surface area contributed by atoms with Crippen LogP contribution in [0.4, 0.5) is 0 Å². The Labute approximate surface area is 449 Å². The third-order valence-electron chi connectivity index (χ3n) is 12.1. The van der Waals surface area contributed by atoms with Gasteiger partial charge in [0.2, 0.25) is 0 Å². The minimum absolute atomic E-state index is 0.0906. The molecule has 0 aliphatic heterocycles. The van der Waals surface area contributed by atoms with E-state index in [0.717, 1.165) is 154 Å². The summed E-state index contributed by atoms with van der Waals surface area (Å²) in [6.07, 6.45) is 84.7. The molecule has 0 aliphatic carbocycles. The average molecular weight is 1010 g/mol. The molecule has 0 rings (SSSR count). The molecule has 0 amide bonds. The Morgan fingerprint density at radius 2 is 0.562 bits per heavy atom. The van der Waals surface area contributed by atoms with Crippen LogP contribution < -0.4 is 0 Å². The van der Waals surface area contributed by atoms with Gasteiger partial charge in [-0.25, -0.2) is 0 Å². The van der Waals surface area contributed by atoms with Gasteiger partial charge in [0.1, 0.15) is 13.2 Å². The molecule has 0 aromatic heterocycles. The highest BCUT2D eigenvalue weighted by Gasteiger charge is 2.19. The highest BCUT2D eigenvalue weighted by atomic mass is 16.6. The Kier molecular flexibility index (Phi) is 56.4. The lowest BCUT2D eigenvalue weighted by Gasteiger charge is -2.18. The van der Waals surface area contributed by atoms with Crippen molar-refractivity contribution in [1.29, 1.82) is 0 Å². The molecule has 0 saturated heterocycles. The maximum absolute atomic E-state index is 12.7. The molecular formula is C67H108O6. The van der Waals surface area contributed by atoms with Gasteiger partial charge in [-0.3, -0.25) is 14.4 Å². The topological polar surface area (TPSA) is 78.9 Å². The highest BCUT2D eigenvalue weighted by molar-refractivity contribution is 5.71. The van der Waals surface area contributed by atoms with E-state index < -0.39 is 6.10 Å². The second kappa shape index (κ2) is 60.1. The Hall–Kier alpha value is -4.45. The first kappa shape index (κ1) is 68.6. The summed E-state index contributed by atoms with van der Waals surface area (Å²) in [5.41, 5.74) is 0. The zero-order valence-electron chi connectivity index (χ0n) is 47.1. The van der Waals surface area contributed by atoms with E-state index in [0.29, 0.717) is 19.3 Å². The van der Waals surface area contributed by atoms with Crippen molar-refractivity contribution in [3.63, 3.8) is 0 Å². The molecule has 0 heterocycles. The molecule has 1 atom stereocenters. The summed E-state index contributed by atoms with van der Waals surface area (Å²) in [4.78, 5) is 37.9. The van der Waals surface area contributed by atoms with Crippen LogP contribution in [-0.2, 0) is 28.6 Å². The molecule has 0 aromatic carbocycles. The minimum Gasteiger partial charge on any atom is -0.462 e.